The van der Waals surface area contributed by atoms with Gasteiger partial charge in [0, 0.05) is 23.5 Å². The molecule has 0 fully saturated rings. The van der Waals surface area contributed by atoms with E-state index in [4.69, 9.17) is 5.26 Å². The Kier molecular flexibility index (Phi) is 5.29. The van der Waals surface area contributed by atoms with Gasteiger partial charge in [0.05, 0.1) is 17.2 Å². The Bertz CT molecular complexity index is 1340. The number of aliphatic hydroxyl groups is 1. The highest BCUT2D eigenvalue weighted by Gasteiger charge is 2.31. The molecule has 0 aliphatic rings. The first-order chi connectivity index (χ1) is 15.2. The van der Waals surface area contributed by atoms with E-state index >= 15 is 0 Å². The van der Waals surface area contributed by atoms with Crippen LogP contribution in [-0.2, 0) is 6.18 Å². The van der Waals surface area contributed by atoms with Gasteiger partial charge < -0.3 is 15.4 Å². The second-order valence-corrected chi connectivity index (χ2v) is 6.74. The van der Waals surface area contributed by atoms with Crippen LogP contribution >= 0.6 is 0 Å². The van der Waals surface area contributed by atoms with Crippen molar-refractivity contribution in [3.8, 4) is 6.07 Å². The molecule has 3 N–H and O–H groups in total. The Morgan fingerprint density at radius 3 is 2.66 bits per heavy atom. The number of imidazole rings is 1. The van der Waals surface area contributed by atoms with Crippen molar-refractivity contribution >= 4 is 22.9 Å². The van der Waals surface area contributed by atoms with Crippen LogP contribution in [0.1, 0.15) is 39.0 Å². The van der Waals surface area contributed by atoms with Crippen LogP contribution in [0.15, 0.2) is 54.9 Å². The van der Waals surface area contributed by atoms with Crippen molar-refractivity contribution < 1.29 is 23.1 Å². The third kappa shape index (κ3) is 4.26. The van der Waals surface area contributed by atoms with Gasteiger partial charge in [0.25, 0.3) is 5.91 Å². The Labute approximate surface area is 178 Å². The number of aliphatic hydroxyl groups excluding tert-OH is 1. The first kappa shape index (κ1) is 21.0. The molecule has 0 aliphatic heterocycles. The molecule has 0 saturated heterocycles. The fraction of sp³-hybridized carbons (Fsp3) is 0.0952. The van der Waals surface area contributed by atoms with E-state index in [0.29, 0.717) is 17.3 Å². The van der Waals surface area contributed by atoms with Gasteiger partial charge in [-0.2, -0.15) is 18.4 Å². The van der Waals surface area contributed by atoms with Gasteiger partial charge in [0.15, 0.2) is 5.65 Å². The van der Waals surface area contributed by atoms with E-state index in [-0.39, 0.29) is 28.4 Å². The number of nitriles is 1. The van der Waals surface area contributed by atoms with Crippen molar-refractivity contribution in [3.63, 3.8) is 0 Å². The van der Waals surface area contributed by atoms with Gasteiger partial charge in [0.2, 0.25) is 0 Å². The topological polar surface area (TPSA) is 128 Å². The van der Waals surface area contributed by atoms with Crippen LogP contribution in [-0.4, -0.2) is 30.9 Å². The maximum atomic E-state index is 12.8. The van der Waals surface area contributed by atoms with Crippen LogP contribution in [0, 0.1) is 11.3 Å². The highest BCUT2D eigenvalue weighted by Crippen LogP contribution is 2.30. The number of fused-ring (bicyclic) bond motifs is 1. The lowest BCUT2D eigenvalue weighted by molar-refractivity contribution is -0.137. The highest BCUT2D eigenvalue weighted by molar-refractivity contribution is 6.03. The lowest BCUT2D eigenvalue weighted by Crippen LogP contribution is -2.13. The van der Waals surface area contributed by atoms with E-state index in [0.717, 1.165) is 6.07 Å². The Morgan fingerprint density at radius 1 is 1.16 bits per heavy atom. The molecule has 0 saturated carbocycles. The summed E-state index contributed by atoms with van der Waals surface area (Å²) >= 11 is 0. The predicted octanol–water partition coefficient (Wildman–Crippen LogP) is 3.58. The van der Waals surface area contributed by atoms with Gasteiger partial charge in [0.1, 0.15) is 23.3 Å². The third-order valence-corrected chi connectivity index (χ3v) is 4.54. The Balaban J connectivity index is 1.51. The van der Waals surface area contributed by atoms with Gasteiger partial charge in [-0.1, -0.05) is 12.1 Å². The summed E-state index contributed by atoms with van der Waals surface area (Å²) in [5, 5.41) is 22.0. The zero-order valence-electron chi connectivity index (χ0n) is 16.1. The molecular weight excluding hydrogens is 425 g/mol. The van der Waals surface area contributed by atoms with Crippen LogP contribution in [0.5, 0.6) is 0 Å². The summed E-state index contributed by atoms with van der Waals surface area (Å²) in [7, 11) is 0. The fourth-order valence-electron chi connectivity index (χ4n) is 2.92. The largest absolute Gasteiger partial charge is 0.417 e. The molecule has 1 atom stereocenters. The van der Waals surface area contributed by atoms with Crippen molar-refractivity contribution in [2.24, 2.45) is 0 Å². The first-order valence-electron chi connectivity index (χ1n) is 9.13. The monoisotopic (exact) mass is 438 g/mol. The Hall–Kier alpha value is -4.30. The minimum atomic E-state index is -4.56. The van der Waals surface area contributed by atoms with E-state index in [1.807, 2.05) is 6.07 Å². The molecular formula is C21H13F3N6O2. The van der Waals surface area contributed by atoms with Crippen LogP contribution in [0.2, 0.25) is 0 Å². The number of aromatic amines is 1. The minimum Gasteiger partial charge on any atom is -0.380 e. The molecule has 3 heterocycles. The lowest BCUT2D eigenvalue weighted by atomic mass is 10.1. The second-order valence-electron chi connectivity index (χ2n) is 6.74. The molecule has 1 amide bonds. The summed E-state index contributed by atoms with van der Waals surface area (Å²) < 4.78 is 38.5. The lowest BCUT2D eigenvalue weighted by Gasteiger charge is -2.09. The van der Waals surface area contributed by atoms with Crippen LogP contribution in [0.3, 0.4) is 0 Å². The van der Waals surface area contributed by atoms with E-state index in [9.17, 15) is 23.1 Å². The molecule has 4 aromatic rings. The number of rotatable bonds is 4. The van der Waals surface area contributed by atoms with E-state index in [1.165, 1.54) is 24.4 Å². The van der Waals surface area contributed by atoms with Crippen molar-refractivity contribution in [2.75, 3.05) is 5.32 Å². The number of carbonyl (C=O) groups excluding carboxylic acids is 1. The molecule has 0 bridgehead atoms. The summed E-state index contributed by atoms with van der Waals surface area (Å²) in [6, 6.07) is 11.9. The zero-order chi connectivity index (χ0) is 22.9. The van der Waals surface area contributed by atoms with Crippen LogP contribution < -0.4 is 5.32 Å². The molecule has 32 heavy (non-hydrogen) atoms. The Morgan fingerprint density at radius 2 is 1.97 bits per heavy atom. The van der Waals surface area contributed by atoms with Crippen LogP contribution in [0.4, 0.5) is 19.0 Å². The molecule has 0 radical (unpaired) electrons. The molecule has 11 heteroatoms. The smallest absolute Gasteiger partial charge is 0.380 e. The van der Waals surface area contributed by atoms with Crippen molar-refractivity contribution in [3.05, 3.63) is 82.9 Å². The molecule has 4 rings (SSSR count). The molecule has 160 valence electrons. The third-order valence-electron chi connectivity index (χ3n) is 4.54. The number of benzene rings is 1. The van der Waals surface area contributed by atoms with Gasteiger partial charge in [-0.25, -0.2) is 15.0 Å². The predicted molar refractivity (Wildman–Crippen MR) is 106 cm³/mol. The number of halogens is 3. The number of pyridine rings is 2. The average molecular weight is 438 g/mol. The molecule has 8 nitrogen and oxygen atoms in total. The van der Waals surface area contributed by atoms with E-state index in [2.05, 4.69) is 25.3 Å². The number of alkyl halides is 3. The zero-order valence-corrected chi connectivity index (χ0v) is 16.1. The molecule has 0 aliphatic carbocycles. The number of nitrogens with zero attached hydrogens (tertiary/aromatic N) is 4. The number of anilines is 1. The second kappa shape index (κ2) is 8.09. The highest BCUT2D eigenvalue weighted by atomic mass is 19.4. The number of H-pyrrole nitrogens is 1. The summed E-state index contributed by atoms with van der Waals surface area (Å²) in [6.07, 6.45) is -3.88. The van der Waals surface area contributed by atoms with Gasteiger partial charge >= 0.3 is 6.18 Å². The number of amides is 1. The van der Waals surface area contributed by atoms with Crippen molar-refractivity contribution in [2.45, 2.75) is 12.3 Å². The maximum Gasteiger partial charge on any atom is 0.417 e. The summed E-state index contributed by atoms with van der Waals surface area (Å²) in [6.45, 7) is 0. The number of aromatic nitrogens is 4. The van der Waals surface area contributed by atoms with Gasteiger partial charge in [-0.05, 0) is 30.3 Å². The summed E-state index contributed by atoms with van der Waals surface area (Å²) in [5.41, 5.74) is 0.0349. The van der Waals surface area contributed by atoms with Crippen molar-refractivity contribution in [1.82, 2.24) is 19.9 Å². The van der Waals surface area contributed by atoms with Gasteiger partial charge in [-0.15, -0.1) is 0 Å². The number of hydrogen-bond acceptors (Lipinski definition) is 6. The first-order valence-corrected chi connectivity index (χ1v) is 9.13. The number of nitrogens with one attached hydrogen (secondary N) is 2. The number of carbonyl (C=O) groups is 1. The van der Waals surface area contributed by atoms with Crippen LogP contribution in [0.25, 0.3) is 11.2 Å². The normalized spacial score (nSPS) is 12.3. The number of hydrogen-bond donors (Lipinski definition) is 3. The summed E-state index contributed by atoms with van der Waals surface area (Å²) in [5.74, 6) is -0.264. The summed E-state index contributed by atoms with van der Waals surface area (Å²) in [4.78, 5) is 26.8. The molecule has 0 spiro atoms. The fourth-order valence-corrected chi connectivity index (χ4v) is 2.92. The quantitative estimate of drug-likeness (QED) is 0.447. The van der Waals surface area contributed by atoms with Crippen molar-refractivity contribution in [1.29, 1.82) is 5.26 Å². The molecule has 1 aromatic carbocycles. The maximum absolute atomic E-state index is 12.8. The van der Waals surface area contributed by atoms with E-state index < -0.39 is 23.8 Å². The molecule has 3 aromatic heterocycles. The standard InChI is InChI=1S/C21H13F3N6O2/c22-21(23,24)14-7-15-18(27-10-14)30-19(28-15)17(31)13-4-5-16(26-9-13)29-20(32)12-3-1-2-11(6-12)8-25/h1-7,9-10,17,31H,(H,26,29,32)(H,27,28,30)/t17-/m0/s1. The van der Waals surface area contributed by atoms with Gasteiger partial charge in [-0.3, -0.25) is 4.79 Å². The molecule has 0 unspecified atom stereocenters. The van der Waals surface area contributed by atoms with E-state index in [1.54, 1.807) is 18.2 Å². The minimum absolute atomic E-state index is 0.00118. The average Bonchev–Trinajstić information content (AvgIpc) is 3.22. The SMILES string of the molecule is N#Cc1cccc(C(=O)Nc2ccc([C@H](O)c3nc4cc(C(F)(F)F)cnc4[nH]3)cn2)c1.